The second-order valence-corrected chi connectivity index (χ2v) is 3.53. The highest BCUT2D eigenvalue weighted by Crippen LogP contribution is 2.22. The molecule has 0 N–H and O–H groups in total. The average molecular weight is 188 g/mol. The van der Waals surface area contributed by atoms with Crippen LogP contribution in [0.4, 0.5) is 4.39 Å². The fraction of sp³-hybridized carbons (Fsp3) is 0.231. The van der Waals surface area contributed by atoms with E-state index in [4.69, 9.17) is 0 Å². The first kappa shape index (κ1) is 9.20. The fourth-order valence-electron chi connectivity index (χ4n) is 1.93. The van der Waals surface area contributed by atoms with Crippen molar-refractivity contribution in [2.24, 2.45) is 0 Å². The predicted octanol–water partition coefficient (Wildman–Crippen LogP) is 3.66. The molecule has 0 nitrogen and oxygen atoms in total. The van der Waals surface area contributed by atoms with E-state index < -0.39 is 0 Å². The summed E-state index contributed by atoms with van der Waals surface area (Å²) in [5.74, 6) is 0. The third-order valence-corrected chi connectivity index (χ3v) is 2.56. The minimum absolute atomic E-state index is 0.284. The van der Waals surface area contributed by atoms with E-state index in [0.29, 0.717) is 6.42 Å². The zero-order valence-corrected chi connectivity index (χ0v) is 8.26. The molecule has 0 atom stereocenters. The molecule has 0 aromatic heterocycles. The van der Waals surface area contributed by atoms with E-state index in [1.807, 2.05) is 18.2 Å². The van der Waals surface area contributed by atoms with Gasteiger partial charge in [0.2, 0.25) is 0 Å². The number of hydrogen-bond donors (Lipinski definition) is 0. The number of alkyl halides is 1. The lowest BCUT2D eigenvalue weighted by Crippen LogP contribution is -1.90. The summed E-state index contributed by atoms with van der Waals surface area (Å²) < 4.78 is 12.3. The van der Waals surface area contributed by atoms with Crippen LogP contribution in [0.1, 0.15) is 11.1 Å². The van der Waals surface area contributed by atoms with Crippen molar-refractivity contribution in [3.05, 3.63) is 47.5 Å². The van der Waals surface area contributed by atoms with Crippen LogP contribution in [0.25, 0.3) is 10.8 Å². The lowest BCUT2D eigenvalue weighted by atomic mass is 9.98. The number of aryl methyl sites for hydroxylation is 2. The second-order valence-electron chi connectivity index (χ2n) is 3.53. The largest absolute Gasteiger partial charge is 0.251 e. The Kier molecular flexibility index (Phi) is 2.49. The van der Waals surface area contributed by atoms with Crippen LogP contribution in [-0.4, -0.2) is 6.67 Å². The molecule has 0 aliphatic heterocycles. The maximum atomic E-state index is 12.3. The van der Waals surface area contributed by atoms with Crippen molar-refractivity contribution < 1.29 is 4.39 Å². The molecule has 2 rings (SSSR count). The van der Waals surface area contributed by atoms with Gasteiger partial charge in [-0.15, -0.1) is 0 Å². The summed E-state index contributed by atoms with van der Waals surface area (Å²) >= 11 is 0. The smallest absolute Gasteiger partial charge is 0.0934 e. The lowest BCUT2D eigenvalue weighted by molar-refractivity contribution is 0.496. The molecule has 0 fully saturated rings. The number of benzene rings is 2. The second kappa shape index (κ2) is 3.79. The van der Waals surface area contributed by atoms with E-state index in [9.17, 15) is 4.39 Å². The molecule has 0 saturated heterocycles. The summed E-state index contributed by atoms with van der Waals surface area (Å²) in [4.78, 5) is 0. The van der Waals surface area contributed by atoms with Crippen LogP contribution in [0.2, 0.25) is 0 Å². The van der Waals surface area contributed by atoms with Gasteiger partial charge in [-0.05, 0) is 28.8 Å². The van der Waals surface area contributed by atoms with Crippen molar-refractivity contribution in [2.75, 3.05) is 6.67 Å². The normalized spacial score (nSPS) is 10.7. The quantitative estimate of drug-likeness (QED) is 0.674. The van der Waals surface area contributed by atoms with Gasteiger partial charge in [0.1, 0.15) is 0 Å². The number of halogens is 1. The van der Waals surface area contributed by atoms with Crippen LogP contribution < -0.4 is 0 Å². The molecule has 0 bridgehead atoms. The summed E-state index contributed by atoms with van der Waals surface area (Å²) in [5, 5.41) is 2.42. The third kappa shape index (κ3) is 1.50. The lowest BCUT2D eigenvalue weighted by Gasteiger charge is -2.07. The number of hydrogen-bond acceptors (Lipinski definition) is 0. The van der Waals surface area contributed by atoms with Crippen LogP contribution in [0.3, 0.4) is 0 Å². The van der Waals surface area contributed by atoms with Crippen molar-refractivity contribution in [2.45, 2.75) is 13.3 Å². The Morgan fingerprint density at radius 2 is 1.79 bits per heavy atom. The van der Waals surface area contributed by atoms with Crippen molar-refractivity contribution in [3.8, 4) is 0 Å². The van der Waals surface area contributed by atoms with E-state index in [-0.39, 0.29) is 6.67 Å². The minimum atomic E-state index is -0.284. The van der Waals surface area contributed by atoms with E-state index in [1.54, 1.807) is 0 Å². The molecular formula is C13H13F. The Morgan fingerprint density at radius 1 is 1.07 bits per heavy atom. The van der Waals surface area contributed by atoms with Gasteiger partial charge in [-0.3, -0.25) is 4.39 Å². The molecule has 2 aromatic carbocycles. The van der Waals surface area contributed by atoms with Crippen molar-refractivity contribution in [1.82, 2.24) is 0 Å². The monoisotopic (exact) mass is 188 g/mol. The maximum absolute atomic E-state index is 12.3. The predicted molar refractivity (Wildman–Crippen MR) is 58.4 cm³/mol. The van der Waals surface area contributed by atoms with E-state index in [2.05, 4.69) is 25.1 Å². The van der Waals surface area contributed by atoms with Gasteiger partial charge >= 0.3 is 0 Å². The van der Waals surface area contributed by atoms with Gasteiger partial charge in [0.25, 0.3) is 0 Å². The fourth-order valence-corrected chi connectivity index (χ4v) is 1.93. The van der Waals surface area contributed by atoms with Crippen molar-refractivity contribution in [3.63, 3.8) is 0 Å². The molecule has 2 aromatic rings. The van der Waals surface area contributed by atoms with Crippen LogP contribution in [0.5, 0.6) is 0 Å². The zero-order valence-electron chi connectivity index (χ0n) is 8.26. The molecule has 0 amide bonds. The molecule has 0 aliphatic carbocycles. The van der Waals surface area contributed by atoms with Gasteiger partial charge in [-0.1, -0.05) is 36.4 Å². The molecule has 0 unspecified atom stereocenters. The van der Waals surface area contributed by atoms with E-state index >= 15 is 0 Å². The van der Waals surface area contributed by atoms with Crippen molar-refractivity contribution in [1.29, 1.82) is 0 Å². The van der Waals surface area contributed by atoms with E-state index in [0.717, 1.165) is 5.56 Å². The van der Waals surface area contributed by atoms with Crippen molar-refractivity contribution >= 4 is 10.8 Å². The standard InChI is InChI=1S/C13H13F/c1-10-4-2-5-11-6-3-7-12(8-9-14)13(10)11/h2-7H,8-9H2,1H3. The molecule has 72 valence electrons. The van der Waals surface area contributed by atoms with Gasteiger partial charge in [-0.25, -0.2) is 0 Å². The highest BCUT2D eigenvalue weighted by Gasteiger charge is 2.02. The van der Waals surface area contributed by atoms with E-state index in [1.165, 1.54) is 16.3 Å². The van der Waals surface area contributed by atoms with Crippen LogP contribution >= 0.6 is 0 Å². The molecule has 0 spiro atoms. The Morgan fingerprint density at radius 3 is 2.50 bits per heavy atom. The van der Waals surface area contributed by atoms with Gasteiger partial charge in [0.05, 0.1) is 6.67 Å². The average Bonchev–Trinajstić information content (AvgIpc) is 2.19. The molecular weight excluding hydrogens is 175 g/mol. The first-order valence-electron chi connectivity index (χ1n) is 4.86. The molecule has 0 aliphatic rings. The number of rotatable bonds is 2. The Bertz CT molecular complexity index is 441. The molecule has 0 saturated carbocycles. The first-order valence-corrected chi connectivity index (χ1v) is 4.86. The summed E-state index contributed by atoms with van der Waals surface area (Å²) in [6, 6.07) is 12.3. The van der Waals surface area contributed by atoms with Crippen LogP contribution in [0.15, 0.2) is 36.4 Å². The van der Waals surface area contributed by atoms with Crippen LogP contribution in [0, 0.1) is 6.92 Å². The molecule has 14 heavy (non-hydrogen) atoms. The van der Waals surface area contributed by atoms with Gasteiger partial charge in [0.15, 0.2) is 0 Å². The molecule has 0 radical (unpaired) electrons. The first-order chi connectivity index (χ1) is 6.83. The van der Waals surface area contributed by atoms with Gasteiger partial charge in [-0.2, -0.15) is 0 Å². The maximum Gasteiger partial charge on any atom is 0.0934 e. The highest BCUT2D eigenvalue weighted by molar-refractivity contribution is 5.88. The molecule has 0 heterocycles. The summed E-state index contributed by atoms with van der Waals surface area (Å²) in [5.41, 5.74) is 2.34. The zero-order chi connectivity index (χ0) is 9.97. The van der Waals surface area contributed by atoms with Gasteiger partial charge in [0, 0.05) is 6.42 Å². The minimum Gasteiger partial charge on any atom is -0.251 e. The molecule has 1 heteroatoms. The summed E-state index contributed by atoms with van der Waals surface area (Å²) in [6.45, 7) is 1.79. The topological polar surface area (TPSA) is 0 Å². The Balaban J connectivity index is 2.71. The number of fused-ring (bicyclic) bond motifs is 1. The summed E-state index contributed by atoms with van der Waals surface area (Å²) in [7, 11) is 0. The summed E-state index contributed by atoms with van der Waals surface area (Å²) in [6.07, 6.45) is 0.516. The SMILES string of the molecule is Cc1cccc2cccc(CCF)c12. The Labute approximate surface area is 83.4 Å². The van der Waals surface area contributed by atoms with Gasteiger partial charge < -0.3 is 0 Å². The highest BCUT2D eigenvalue weighted by atomic mass is 19.1. The van der Waals surface area contributed by atoms with Crippen LogP contribution in [-0.2, 0) is 6.42 Å². The Hall–Kier alpha value is -1.37. The third-order valence-electron chi connectivity index (χ3n) is 2.56.